The van der Waals surface area contributed by atoms with E-state index in [4.69, 9.17) is 18.5 Å². The molecule has 14 nitrogen and oxygen atoms in total. The molecule has 0 aromatic carbocycles. The third-order valence-electron chi connectivity index (χ3n) is 9.99. The number of phosphoric acid groups is 1. The van der Waals surface area contributed by atoms with Crippen molar-refractivity contribution in [2.75, 3.05) is 13.2 Å². The van der Waals surface area contributed by atoms with E-state index in [9.17, 15) is 49.7 Å². The molecule has 364 valence electrons. The van der Waals surface area contributed by atoms with Crippen LogP contribution in [0.3, 0.4) is 0 Å². The van der Waals surface area contributed by atoms with Crippen molar-refractivity contribution in [3.05, 3.63) is 97.2 Å². The van der Waals surface area contributed by atoms with Crippen LogP contribution in [-0.2, 0) is 32.7 Å². The van der Waals surface area contributed by atoms with Crippen molar-refractivity contribution in [1.82, 2.24) is 0 Å². The molecule has 1 saturated carbocycles. The number of aliphatic hydroxyl groups excluding tert-OH is 6. The fourth-order valence-electron chi connectivity index (χ4n) is 6.24. The summed E-state index contributed by atoms with van der Waals surface area (Å²) in [6, 6.07) is 0. The Hall–Kier alpha value is -3.27. The zero-order valence-corrected chi connectivity index (χ0v) is 39.0. The maximum Gasteiger partial charge on any atom is 0.472 e. The lowest BCUT2D eigenvalue weighted by Crippen LogP contribution is -2.64. The molecule has 3 unspecified atom stereocenters. The van der Waals surface area contributed by atoms with Crippen LogP contribution in [0.15, 0.2) is 97.2 Å². The molecular formula is C49H79O14P. The van der Waals surface area contributed by atoms with Gasteiger partial charge in [-0.3, -0.25) is 18.6 Å². The minimum absolute atomic E-state index is 0.0228. The largest absolute Gasteiger partial charge is 0.472 e. The second-order valence-electron chi connectivity index (χ2n) is 15.7. The van der Waals surface area contributed by atoms with Gasteiger partial charge < -0.3 is 45.0 Å². The van der Waals surface area contributed by atoms with E-state index in [1.165, 1.54) is 12.8 Å². The van der Waals surface area contributed by atoms with Crippen LogP contribution in [-0.4, -0.2) is 110 Å². The van der Waals surface area contributed by atoms with Gasteiger partial charge in [-0.25, -0.2) is 4.57 Å². The van der Waals surface area contributed by atoms with Gasteiger partial charge in [-0.2, -0.15) is 0 Å². The highest BCUT2D eigenvalue weighted by Crippen LogP contribution is 2.47. The Morgan fingerprint density at radius 3 is 1.72 bits per heavy atom. The second-order valence-corrected chi connectivity index (χ2v) is 17.1. The number of ether oxygens (including phenoxy) is 2. The highest BCUT2D eigenvalue weighted by molar-refractivity contribution is 7.47. The number of unbranched alkanes of at least 4 members (excludes halogenated alkanes) is 8. The fourth-order valence-corrected chi connectivity index (χ4v) is 7.21. The number of hydrogen-bond acceptors (Lipinski definition) is 13. The number of esters is 2. The number of carbonyl (C=O) groups is 2. The summed E-state index contributed by atoms with van der Waals surface area (Å²) in [4.78, 5) is 35.7. The van der Waals surface area contributed by atoms with E-state index in [1.807, 2.05) is 30.4 Å². The molecule has 0 bridgehead atoms. The number of carbonyl (C=O) groups excluding carboxylic acids is 2. The first kappa shape index (κ1) is 58.7. The quantitative estimate of drug-likeness (QED) is 0.0104. The Morgan fingerprint density at radius 2 is 1.09 bits per heavy atom. The Labute approximate surface area is 382 Å². The molecular weight excluding hydrogens is 843 g/mol. The lowest BCUT2D eigenvalue weighted by atomic mass is 9.85. The van der Waals surface area contributed by atoms with Gasteiger partial charge in [-0.1, -0.05) is 137 Å². The van der Waals surface area contributed by atoms with E-state index in [0.29, 0.717) is 32.1 Å². The molecule has 1 aliphatic carbocycles. The van der Waals surface area contributed by atoms with E-state index in [1.54, 1.807) is 12.2 Å². The minimum atomic E-state index is -5.16. The van der Waals surface area contributed by atoms with Crippen molar-refractivity contribution in [2.45, 2.75) is 185 Å². The molecule has 1 fully saturated rings. The van der Waals surface area contributed by atoms with Gasteiger partial charge in [-0.05, 0) is 83.5 Å². The van der Waals surface area contributed by atoms with Gasteiger partial charge in [0.25, 0.3) is 0 Å². The molecule has 1 aliphatic rings. The first-order valence-corrected chi connectivity index (χ1v) is 24.6. The van der Waals surface area contributed by atoms with Crippen molar-refractivity contribution in [2.24, 2.45) is 0 Å². The maximum atomic E-state index is 12.8. The maximum absolute atomic E-state index is 12.8. The van der Waals surface area contributed by atoms with Crippen LogP contribution in [0.4, 0.5) is 0 Å². The van der Waals surface area contributed by atoms with Crippen LogP contribution in [0.1, 0.15) is 136 Å². The summed E-state index contributed by atoms with van der Waals surface area (Å²) in [5.74, 6) is -1.24. The molecule has 0 saturated heterocycles. The van der Waals surface area contributed by atoms with Gasteiger partial charge in [0.2, 0.25) is 0 Å². The van der Waals surface area contributed by atoms with E-state index >= 15 is 0 Å². The summed E-state index contributed by atoms with van der Waals surface area (Å²) in [6.45, 7) is 3.00. The van der Waals surface area contributed by atoms with Crippen LogP contribution in [0.5, 0.6) is 0 Å². The first-order chi connectivity index (χ1) is 30.8. The minimum Gasteiger partial charge on any atom is -0.462 e. The molecule has 0 aliphatic heterocycles. The van der Waals surface area contributed by atoms with Gasteiger partial charge in [0.05, 0.1) is 12.7 Å². The van der Waals surface area contributed by atoms with Gasteiger partial charge in [-0.15, -0.1) is 0 Å². The number of phosphoric ester groups is 1. The molecule has 15 heteroatoms. The predicted octanol–water partition coefficient (Wildman–Crippen LogP) is 8.02. The molecule has 7 N–H and O–H groups in total. The average molecular weight is 923 g/mol. The summed E-state index contributed by atoms with van der Waals surface area (Å²) in [7, 11) is -5.16. The highest BCUT2D eigenvalue weighted by Gasteiger charge is 2.51. The third kappa shape index (κ3) is 30.0. The standard InChI is InChI=1S/C49H79O14P/c1-3-5-7-9-11-12-13-14-15-16-17-18-19-20-24-28-32-36-42(51)60-38-41(39-61-64(58,59)63-49-47(56)45(54)44(53)46(55)48(49)57)62-43(52)37-33-29-25-22-21-23-27-31-35-40(50)34-30-26-10-8-6-4-2/h5,7,11-12,14-15,17-18,22-23,25-27,30-31,35,40-41,44-50,53-57H,3-4,6,8-10,13,16,19-21,24,28-29,32-34,36-39H2,1-2H3,(H,58,59)/b7-5-,12-11-,15-14-,18-17-,25-22-,27-23-,30-26-,35-31+/t40-,41+,44?,45-,46+,47+,48+,49?/m0/s1. The molecule has 9 atom stereocenters. The Balaban J connectivity index is 2.56. The molecule has 0 aromatic rings. The van der Waals surface area contributed by atoms with Gasteiger partial charge in [0, 0.05) is 12.8 Å². The molecule has 64 heavy (non-hydrogen) atoms. The van der Waals surface area contributed by atoms with E-state index in [2.05, 4.69) is 68.5 Å². The number of allylic oxidation sites excluding steroid dienone is 14. The smallest absolute Gasteiger partial charge is 0.462 e. The summed E-state index contributed by atoms with van der Waals surface area (Å²) < 4.78 is 33.4. The van der Waals surface area contributed by atoms with Gasteiger partial charge in [0.1, 0.15) is 43.2 Å². The zero-order chi connectivity index (χ0) is 47.3. The fraction of sp³-hybridized carbons (Fsp3) is 0.633. The van der Waals surface area contributed by atoms with E-state index in [-0.39, 0.29) is 12.8 Å². The van der Waals surface area contributed by atoms with Crippen molar-refractivity contribution in [3.63, 3.8) is 0 Å². The summed E-state index contributed by atoms with van der Waals surface area (Å²) >= 11 is 0. The molecule has 0 aromatic heterocycles. The molecule has 0 amide bonds. The Bertz CT molecular complexity index is 1500. The molecule has 0 radical (unpaired) electrons. The average Bonchev–Trinajstić information content (AvgIpc) is 3.27. The Kier molecular flexibility index (Phi) is 34.8. The van der Waals surface area contributed by atoms with Crippen molar-refractivity contribution >= 4 is 19.8 Å². The Morgan fingerprint density at radius 1 is 0.578 bits per heavy atom. The monoisotopic (exact) mass is 923 g/mol. The van der Waals surface area contributed by atoms with Crippen LogP contribution < -0.4 is 0 Å². The zero-order valence-electron chi connectivity index (χ0n) is 38.1. The first-order valence-electron chi connectivity index (χ1n) is 23.1. The lowest BCUT2D eigenvalue weighted by molar-refractivity contribution is -0.220. The van der Waals surface area contributed by atoms with Gasteiger partial charge in [0.15, 0.2) is 6.10 Å². The molecule has 0 heterocycles. The van der Waals surface area contributed by atoms with Crippen LogP contribution in [0.2, 0.25) is 0 Å². The highest BCUT2D eigenvalue weighted by atomic mass is 31.2. The summed E-state index contributed by atoms with van der Waals surface area (Å²) in [5, 5.41) is 60.2. The van der Waals surface area contributed by atoms with Crippen LogP contribution >= 0.6 is 7.82 Å². The summed E-state index contributed by atoms with van der Waals surface area (Å²) in [5.41, 5.74) is 0. The molecule has 1 rings (SSSR count). The topological polar surface area (TPSA) is 230 Å². The number of aliphatic hydroxyl groups is 6. The lowest BCUT2D eigenvalue weighted by Gasteiger charge is -2.41. The number of hydrogen-bond donors (Lipinski definition) is 7. The molecule has 0 spiro atoms. The van der Waals surface area contributed by atoms with Crippen LogP contribution in [0, 0.1) is 0 Å². The van der Waals surface area contributed by atoms with E-state index in [0.717, 1.165) is 64.2 Å². The summed E-state index contributed by atoms with van der Waals surface area (Å²) in [6.07, 6.45) is 33.4. The van der Waals surface area contributed by atoms with Crippen molar-refractivity contribution < 1.29 is 68.2 Å². The predicted molar refractivity (Wildman–Crippen MR) is 250 cm³/mol. The normalized spacial score (nSPS) is 23.0. The third-order valence-corrected chi connectivity index (χ3v) is 11.0. The SMILES string of the molecule is CC/C=C\C/C=C\C/C=C\C/C=C\CCCCCCC(=O)OC[C@H](COP(=O)(O)OC1[C@H](O)[C@H](O)C(O)[C@H](O)[C@H]1O)OC(=O)CCC/C=C\C/C=C\C=C\[C@@H](O)C/C=C\CCCCC. The van der Waals surface area contributed by atoms with Crippen LogP contribution in [0.25, 0.3) is 0 Å². The van der Waals surface area contributed by atoms with Crippen molar-refractivity contribution in [1.29, 1.82) is 0 Å². The number of rotatable bonds is 36. The van der Waals surface area contributed by atoms with E-state index < -0.39 is 81.8 Å². The van der Waals surface area contributed by atoms with Crippen molar-refractivity contribution in [3.8, 4) is 0 Å². The second kappa shape index (κ2) is 37.9. The van der Waals surface area contributed by atoms with Gasteiger partial charge >= 0.3 is 19.8 Å².